The fraction of sp³-hybridized carbons (Fsp3) is 0.240. The number of carbonyl (C=O) groups excluding carboxylic acids is 2. The molecule has 0 atom stereocenters. The maximum atomic E-state index is 13.0. The van der Waals surface area contributed by atoms with Crippen LogP contribution in [0.1, 0.15) is 51.9 Å². The number of amides is 2. The predicted octanol–water partition coefficient (Wildman–Crippen LogP) is 4.90. The van der Waals surface area contributed by atoms with Crippen LogP contribution in [0.25, 0.3) is 15.9 Å². The molecule has 0 saturated heterocycles. The number of nitrogens with one attached hydrogen (secondary N) is 2. The van der Waals surface area contributed by atoms with Crippen molar-refractivity contribution in [1.82, 2.24) is 20.4 Å². The van der Waals surface area contributed by atoms with Gasteiger partial charge in [-0.3, -0.25) is 9.59 Å². The van der Waals surface area contributed by atoms with Gasteiger partial charge >= 0.3 is 0 Å². The molecule has 4 rings (SSSR count). The molecule has 2 heterocycles. The first-order valence-electron chi connectivity index (χ1n) is 10.8. The van der Waals surface area contributed by atoms with E-state index in [9.17, 15) is 14.0 Å². The Morgan fingerprint density at radius 2 is 1.67 bits per heavy atom. The number of thiophene rings is 1. The van der Waals surface area contributed by atoms with Crippen molar-refractivity contribution in [3.63, 3.8) is 0 Å². The fourth-order valence-electron chi connectivity index (χ4n) is 3.49. The van der Waals surface area contributed by atoms with E-state index in [-0.39, 0.29) is 23.5 Å². The third kappa shape index (κ3) is 5.12. The summed E-state index contributed by atoms with van der Waals surface area (Å²) in [5.74, 6) is -0.562. The standard InChI is InChI=1S/C25H25FN4O2S/c1-16(2)22-20-15-21(33-25(20)30(29-22)19-7-4-3-5-8-19)24(32)28-14-6-13-27-23(31)17-9-11-18(26)12-10-17/h3-5,7-12,15-16H,6,13-14H2,1-2H3,(H,27,31)(H,28,32). The normalized spacial score (nSPS) is 11.2. The number of rotatable bonds is 8. The van der Waals surface area contributed by atoms with Crippen LogP contribution >= 0.6 is 11.3 Å². The van der Waals surface area contributed by atoms with E-state index in [4.69, 9.17) is 5.10 Å². The molecule has 0 aliphatic rings. The molecular formula is C25H25FN4O2S. The number of aromatic nitrogens is 2. The molecule has 0 saturated carbocycles. The zero-order chi connectivity index (χ0) is 23.4. The third-order valence-electron chi connectivity index (χ3n) is 5.19. The second-order valence-corrected chi connectivity index (χ2v) is 9.02. The highest BCUT2D eigenvalue weighted by Gasteiger charge is 2.20. The lowest BCUT2D eigenvalue weighted by Crippen LogP contribution is -2.29. The molecule has 170 valence electrons. The molecule has 6 nitrogen and oxygen atoms in total. The molecular weight excluding hydrogens is 439 g/mol. The fourth-order valence-corrected chi connectivity index (χ4v) is 4.55. The van der Waals surface area contributed by atoms with E-state index in [2.05, 4.69) is 24.5 Å². The second-order valence-electron chi connectivity index (χ2n) is 7.99. The molecule has 8 heteroatoms. The van der Waals surface area contributed by atoms with E-state index in [0.717, 1.165) is 21.6 Å². The van der Waals surface area contributed by atoms with Crippen molar-refractivity contribution in [2.75, 3.05) is 13.1 Å². The van der Waals surface area contributed by atoms with Gasteiger partial charge in [-0.2, -0.15) is 5.10 Å². The minimum atomic E-state index is -0.382. The van der Waals surface area contributed by atoms with E-state index in [1.54, 1.807) is 0 Å². The molecule has 0 aliphatic carbocycles. The van der Waals surface area contributed by atoms with E-state index < -0.39 is 0 Å². The quantitative estimate of drug-likeness (QED) is 0.364. The van der Waals surface area contributed by atoms with Gasteiger partial charge in [0.25, 0.3) is 11.8 Å². The van der Waals surface area contributed by atoms with E-state index in [1.807, 2.05) is 41.1 Å². The van der Waals surface area contributed by atoms with Crippen molar-refractivity contribution in [2.24, 2.45) is 0 Å². The largest absolute Gasteiger partial charge is 0.352 e. The van der Waals surface area contributed by atoms with Crippen LogP contribution in [0.4, 0.5) is 4.39 Å². The molecule has 33 heavy (non-hydrogen) atoms. The van der Waals surface area contributed by atoms with Crippen molar-refractivity contribution in [3.05, 3.63) is 82.6 Å². The van der Waals surface area contributed by atoms with Gasteiger partial charge in [0.2, 0.25) is 0 Å². The number of hydrogen-bond acceptors (Lipinski definition) is 4. The summed E-state index contributed by atoms with van der Waals surface area (Å²) >= 11 is 1.42. The maximum Gasteiger partial charge on any atom is 0.261 e. The summed E-state index contributed by atoms with van der Waals surface area (Å²) in [5.41, 5.74) is 2.33. The topological polar surface area (TPSA) is 76.0 Å². The van der Waals surface area contributed by atoms with Crippen LogP contribution in [0.3, 0.4) is 0 Å². The molecule has 0 unspecified atom stereocenters. The van der Waals surface area contributed by atoms with E-state index in [1.165, 1.54) is 35.6 Å². The number of benzene rings is 2. The molecule has 0 spiro atoms. The lowest BCUT2D eigenvalue weighted by molar-refractivity contribution is 0.0953. The average Bonchev–Trinajstić information content (AvgIpc) is 3.39. The molecule has 2 aromatic heterocycles. The smallest absolute Gasteiger partial charge is 0.261 e. The summed E-state index contributed by atoms with van der Waals surface area (Å²) < 4.78 is 14.9. The summed E-state index contributed by atoms with van der Waals surface area (Å²) in [4.78, 5) is 26.4. The summed E-state index contributed by atoms with van der Waals surface area (Å²) in [6, 6.07) is 17.2. The van der Waals surface area contributed by atoms with Crippen LogP contribution in [-0.4, -0.2) is 34.7 Å². The minimum Gasteiger partial charge on any atom is -0.352 e. The molecule has 2 amide bonds. The Balaban J connectivity index is 1.37. The highest BCUT2D eigenvalue weighted by molar-refractivity contribution is 7.20. The van der Waals surface area contributed by atoms with Crippen LogP contribution in [0.15, 0.2) is 60.7 Å². The van der Waals surface area contributed by atoms with Crippen LogP contribution < -0.4 is 10.6 Å². The Kier molecular flexibility index (Phi) is 6.84. The molecule has 2 N–H and O–H groups in total. The zero-order valence-corrected chi connectivity index (χ0v) is 19.3. The van der Waals surface area contributed by atoms with Crippen molar-refractivity contribution in [1.29, 1.82) is 0 Å². The van der Waals surface area contributed by atoms with Gasteiger partial charge in [-0.15, -0.1) is 11.3 Å². The predicted molar refractivity (Wildman–Crippen MR) is 129 cm³/mol. The third-order valence-corrected chi connectivity index (χ3v) is 6.30. The molecule has 0 radical (unpaired) electrons. The maximum absolute atomic E-state index is 13.0. The van der Waals surface area contributed by atoms with E-state index in [0.29, 0.717) is 30.0 Å². The number of fused-ring (bicyclic) bond motifs is 1. The number of nitrogens with zero attached hydrogens (tertiary/aromatic N) is 2. The van der Waals surface area contributed by atoms with Gasteiger partial charge in [0.15, 0.2) is 0 Å². The lowest BCUT2D eigenvalue weighted by atomic mass is 10.1. The highest BCUT2D eigenvalue weighted by atomic mass is 32.1. The van der Waals surface area contributed by atoms with Crippen molar-refractivity contribution < 1.29 is 14.0 Å². The van der Waals surface area contributed by atoms with Gasteiger partial charge in [0.1, 0.15) is 10.6 Å². The minimum absolute atomic E-state index is 0.143. The second kappa shape index (κ2) is 9.95. The lowest BCUT2D eigenvalue weighted by Gasteiger charge is -2.06. The SMILES string of the molecule is CC(C)c1nn(-c2ccccc2)c2sc(C(=O)NCCCNC(=O)c3ccc(F)cc3)cc12. The van der Waals surface area contributed by atoms with Gasteiger partial charge in [-0.05, 0) is 54.8 Å². The first-order chi connectivity index (χ1) is 15.9. The zero-order valence-electron chi connectivity index (χ0n) is 18.5. The Morgan fingerprint density at radius 1 is 1.00 bits per heavy atom. The Morgan fingerprint density at radius 3 is 2.33 bits per heavy atom. The van der Waals surface area contributed by atoms with Crippen molar-refractivity contribution in [2.45, 2.75) is 26.2 Å². The Bertz CT molecular complexity index is 1260. The first kappa shape index (κ1) is 22.7. The summed E-state index contributed by atoms with van der Waals surface area (Å²) in [7, 11) is 0. The van der Waals surface area contributed by atoms with Gasteiger partial charge in [0.05, 0.1) is 16.3 Å². The van der Waals surface area contributed by atoms with Crippen LogP contribution in [-0.2, 0) is 0 Å². The first-order valence-corrected chi connectivity index (χ1v) is 11.7. The van der Waals surface area contributed by atoms with Crippen LogP contribution in [0.5, 0.6) is 0 Å². The number of para-hydroxylation sites is 1. The summed E-state index contributed by atoms with van der Waals surface area (Å²) in [6.45, 7) is 5.02. The van der Waals surface area contributed by atoms with Gasteiger partial charge in [-0.25, -0.2) is 9.07 Å². The van der Waals surface area contributed by atoms with Gasteiger partial charge < -0.3 is 10.6 Å². The number of hydrogen-bond donors (Lipinski definition) is 2. The number of carbonyl (C=O) groups is 2. The number of halogens is 1. The van der Waals surface area contributed by atoms with E-state index >= 15 is 0 Å². The van der Waals surface area contributed by atoms with Crippen LogP contribution in [0.2, 0.25) is 0 Å². The molecule has 0 fully saturated rings. The molecule has 4 aromatic rings. The summed E-state index contributed by atoms with van der Waals surface area (Å²) in [5, 5.41) is 11.5. The molecule has 0 bridgehead atoms. The van der Waals surface area contributed by atoms with Crippen molar-refractivity contribution in [3.8, 4) is 5.69 Å². The summed E-state index contributed by atoms with van der Waals surface area (Å²) in [6.07, 6.45) is 0.582. The van der Waals surface area contributed by atoms with Gasteiger partial charge in [-0.1, -0.05) is 32.0 Å². The average molecular weight is 465 g/mol. The van der Waals surface area contributed by atoms with Crippen molar-refractivity contribution >= 4 is 33.4 Å². The van der Waals surface area contributed by atoms with Crippen LogP contribution in [0, 0.1) is 5.82 Å². The molecule has 2 aromatic carbocycles. The molecule has 0 aliphatic heterocycles. The highest BCUT2D eigenvalue weighted by Crippen LogP contribution is 2.33. The Labute approximate surface area is 195 Å². The monoisotopic (exact) mass is 464 g/mol. The van der Waals surface area contributed by atoms with Gasteiger partial charge in [0, 0.05) is 24.0 Å². The Hall–Kier alpha value is -3.52.